The summed E-state index contributed by atoms with van der Waals surface area (Å²) in [5.41, 5.74) is 11.5. The van der Waals surface area contributed by atoms with Crippen molar-refractivity contribution in [2.24, 2.45) is 0 Å². The Balaban J connectivity index is 0.854. The number of fused-ring (bicyclic) bond motifs is 3. The number of ether oxygens (including phenoxy) is 1. The molecular weight excluding hydrogens is 854 g/mol. The zero-order chi connectivity index (χ0) is 44.3. The van der Waals surface area contributed by atoms with Gasteiger partial charge < -0.3 is 14.7 Å². The third-order valence-electron chi connectivity index (χ3n) is 10.1. The van der Waals surface area contributed by atoms with Gasteiger partial charge in [-0.1, -0.05) is 78.1 Å². The largest absolute Gasteiger partial charge is 0.556 e. The number of H-pyrrole nitrogens is 2. The minimum absolute atomic E-state index is 0.406. The number of aromatic amines is 2. The number of carbonyl (C=O) groups excluding carboxylic acids is 1. The van der Waals surface area contributed by atoms with Crippen LogP contribution in [0.2, 0.25) is 0 Å². The first kappa shape index (κ1) is 41.6. The van der Waals surface area contributed by atoms with Crippen molar-refractivity contribution in [1.82, 2.24) is 34.5 Å². The molecule has 0 spiro atoms. The highest BCUT2D eigenvalue weighted by Crippen LogP contribution is 2.31. The highest BCUT2D eigenvalue weighted by molar-refractivity contribution is 7.99. The molecule has 0 amide bonds. The molecule has 0 radical (unpaired) electrons. The molecule has 0 saturated carbocycles. The lowest BCUT2D eigenvalue weighted by molar-refractivity contribution is 0.0547. The van der Waals surface area contributed by atoms with Gasteiger partial charge in [-0.25, -0.2) is 24.7 Å². The maximum atomic E-state index is 13.8. The minimum Gasteiger partial charge on any atom is -0.443 e. The normalized spacial score (nSPS) is 11.6. The van der Waals surface area contributed by atoms with Crippen LogP contribution in [-0.2, 0) is 14.2 Å². The lowest BCUT2D eigenvalue weighted by Gasteiger charge is -2.22. The van der Waals surface area contributed by atoms with Crippen LogP contribution >= 0.6 is 23.5 Å². The average Bonchev–Trinajstić information content (AvgIpc) is 4.06. The second kappa shape index (κ2) is 18.0. The van der Waals surface area contributed by atoms with Gasteiger partial charge in [-0.15, -0.1) is 0 Å². The van der Waals surface area contributed by atoms with Gasteiger partial charge in [-0.3, -0.25) is 25.0 Å². The first-order chi connectivity index (χ1) is 31.7. The first-order valence-electron chi connectivity index (χ1n) is 20.7. The molecule has 13 nitrogen and oxygen atoms in total. The van der Waals surface area contributed by atoms with E-state index >= 15 is 0 Å². The average molecular weight is 894 g/mol. The number of hydrogen-bond donors (Lipinski definition) is 4. The molecule has 0 aliphatic carbocycles. The summed E-state index contributed by atoms with van der Waals surface area (Å²) in [7, 11) is -1.15. The summed E-state index contributed by atoms with van der Waals surface area (Å²) >= 11 is 3.04. The van der Waals surface area contributed by atoms with Gasteiger partial charge in [0, 0.05) is 44.0 Å². The summed E-state index contributed by atoms with van der Waals surface area (Å²) in [6.45, 7) is 5.48. The minimum atomic E-state index is -1.15. The van der Waals surface area contributed by atoms with Gasteiger partial charge >= 0.3 is 13.2 Å². The van der Waals surface area contributed by atoms with E-state index in [1.807, 2.05) is 148 Å². The molecule has 0 saturated heterocycles. The second-order valence-electron chi connectivity index (χ2n) is 15.9. The maximum absolute atomic E-state index is 13.8. The predicted molar refractivity (Wildman–Crippen MR) is 258 cm³/mol. The quantitative estimate of drug-likeness (QED) is 0.0494. The molecule has 5 aromatic heterocycles. The van der Waals surface area contributed by atoms with Crippen LogP contribution in [0.3, 0.4) is 0 Å². The van der Waals surface area contributed by atoms with Gasteiger partial charge in [0.1, 0.15) is 15.7 Å². The van der Waals surface area contributed by atoms with E-state index in [9.17, 15) is 4.79 Å². The number of carbonyl (C=O) groups is 1. The van der Waals surface area contributed by atoms with Gasteiger partial charge in [0.05, 0.1) is 33.9 Å². The fourth-order valence-corrected chi connectivity index (χ4v) is 8.67. The number of anilines is 2. The van der Waals surface area contributed by atoms with Gasteiger partial charge in [0.15, 0.2) is 11.6 Å². The molecule has 65 heavy (non-hydrogen) atoms. The molecule has 5 aromatic carbocycles. The van der Waals surface area contributed by atoms with E-state index in [2.05, 4.69) is 55.2 Å². The number of hydrogen-bond acceptors (Lipinski definition) is 12. The van der Waals surface area contributed by atoms with E-state index in [0.29, 0.717) is 34.1 Å². The number of nitrogens with one attached hydrogen (secondary N) is 4. The van der Waals surface area contributed by atoms with Crippen molar-refractivity contribution in [3.63, 3.8) is 0 Å². The van der Waals surface area contributed by atoms with E-state index in [1.54, 1.807) is 12.4 Å². The molecule has 0 unspecified atom stereocenters. The summed E-state index contributed by atoms with van der Waals surface area (Å²) in [6.07, 6.45) is 2.96. The first-order valence-corrected chi connectivity index (χ1v) is 22.4. The van der Waals surface area contributed by atoms with Gasteiger partial charge in [-0.2, -0.15) is 0 Å². The monoisotopic (exact) mass is 893 g/mol. The molecular formula is C49H40BN9O4S2. The molecule has 0 aliphatic rings. The molecule has 0 bridgehead atoms. The number of nitrogens with zero attached hydrogens (tertiary/aromatic N) is 5. The van der Waals surface area contributed by atoms with Crippen LogP contribution in [0.4, 0.5) is 16.2 Å². The second-order valence-corrected chi connectivity index (χ2v) is 18.1. The molecule has 0 fully saturated rings. The van der Waals surface area contributed by atoms with Crippen molar-refractivity contribution in [2.75, 3.05) is 11.0 Å². The van der Waals surface area contributed by atoms with Crippen LogP contribution < -0.4 is 16.6 Å². The zero-order valence-electron chi connectivity index (χ0n) is 35.4. The lowest BCUT2D eigenvalue weighted by Crippen LogP contribution is -2.46. The Kier molecular flexibility index (Phi) is 11.5. The van der Waals surface area contributed by atoms with E-state index in [4.69, 9.17) is 24.2 Å². The van der Waals surface area contributed by atoms with E-state index in [0.717, 1.165) is 58.4 Å². The summed E-state index contributed by atoms with van der Waals surface area (Å²) in [5, 5.41) is 4.62. The van der Waals surface area contributed by atoms with Crippen molar-refractivity contribution in [3.8, 4) is 23.0 Å². The summed E-state index contributed by atoms with van der Waals surface area (Å²) in [6, 6.07) is 48.9. The molecule has 10 rings (SSSR count). The molecule has 4 N–H and O–H groups in total. The predicted octanol–water partition coefficient (Wildman–Crippen LogP) is 11.4. The van der Waals surface area contributed by atoms with Crippen molar-refractivity contribution < 1.29 is 19.0 Å². The Labute approximate surface area is 382 Å². The van der Waals surface area contributed by atoms with Gasteiger partial charge in [-0.05, 0) is 123 Å². The Morgan fingerprint density at radius 2 is 1.08 bits per heavy atom. The third-order valence-corrected chi connectivity index (χ3v) is 12.0. The molecule has 320 valence electrons. The van der Waals surface area contributed by atoms with Crippen molar-refractivity contribution in [3.05, 3.63) is 164 Å². The molecule has 16 heteroatoms. The van der Waals surface area contributed by atoms with E-state index in [1.165, 1.54) is 28.1 Å². The van der Waals surface area contributed by atoms with E-state index < -0.39 is 18.8 Å². The number of para-hydroxylation sites is 3. The summed E-state index contributed by atoms with van der Waals surface area (Å²) in [5.74, 6) is 1.24. The fraction of sp³-hybridized carbons (Fsp3) is 0.0816. The number of benzene rings is 5. The highest BCUT2D eigenvalue weighted by atomic mass is 32.2. The van der Waals surface area contributed by atoms with Crippen LogP contribution in [0, 0.1) is 0 Å². The zero-order valence-corrected chi connectivity index (χ0v) is 37.0. The highest BCUT2D eigenvalue weighted by Gasteiger charge is 2.33. The van der Waals surface area contributed by atoms with Gasteiger partial charge in [0.2, 0.25) is 0 Å². The third kappa shape index (κ3) is 9.61. The van der Waals surface area contributed by atoms with Crippen LogP contribution in [0.25, 0.3) is 55.7 Å². The topological polar surface area (TPSA) is 157 Å². The van der Waals surface area contributed by atoms with Crippen molar-refractivity contribution >= 4 is 86.4 Å². The van der Waals surface area contributed by atoms with Crippen LogP contribution in [-0.4, -0.2) is 53.3 Å². The molecule has 10 aromatic rings. The fourth-order valence-electron chi connectivity index (χ4n) is 7.12. The Bertz CT molecular complexity index is 3060. The molecule has 5 heterocycles. The standard InChI is InChI=1S/C49H40BN9O4S2/c1-49(2,3)61-48(60)59-42-15-9-6-12-33(42)30-43(59)50(62-57-34-16-20-36(21-17-34)64-44-24-26-51-46(55-44)40-28-31-10-4-7-13-38(31)53-40)63-58-35-18-22-37(23-19-35)65-45-25-27-52-47(56-45)41-29-32-11-5-8-14-39(32)54-41/h4-30,53-54,57-58H,1-3H3. The van der Waals surface area contributed by atoms with Crippen LogP contribution in [0.15, 0.2) is 184 Å². The van der Waals surface area contributed by atoms with Crippen molar-refractivity contribution in [2.45, 2.75) is 46.2 Å². The Hall–Kier alpha value is -7.37. The number of aromatic nitrogens is 7. The SMILES string of the molecule is CC(C)(C)OC(=O)n1c(B(ONc2ccc(Sc3ccnc(-c4cc5ccccc5[nH]4)n3)cc2)ONc2ccc(Sc3ccnc(-c4cc5ccccc5[nH]4)n3)cc2)cc2ccccc21. The smallest absolute Gasteiger partial charge is 0.443 e. The van der Waals surface area contributed by atoms with Crippen molar-refractivity contribution in [1.29, 1.82) is 0 Å². The number of rotatable bonds is 13. The van der Waals surface area contributed by atoms with Crippen LogP contribution in [0.5, 0.6) is 0 Å². The summed E-state index contributed by atoms with van der Waals surface area (Å²) in [4.78, 5) is 41.2. The van der Waals surface area contributed by atoms with Gasteiger partial charge in [0.25, 0.3) is 0 Å². The van der Waals surface area contributed by atoms with Crippen LogP contribution in [0.1, 0.15) is 20.8 Å². The Morgan fingerprint density at radius 1 is 0.600 bits per heavy atom. The van der Waals surface area contributed by atoms with E-state index in [-0.39, 0.29) is 0 Å². The Morgan fingerprint density at radius 3 is 1.57 bits per heavy atom. The molecule has 0 aliphatic heterocycles. The summed E-state index contributed by atoms with van der Waals surface area (Å²) < 4.78 is 19.9. The maximum Gasteiger partial charge on any atom is 0.556 e. The lowest BCUT2D eigenvalue weighted by atomic mass is 9.85. The molecule has 0 atom stereocenters.